The lowest BCUT2D eigenvalue weighted by Gasteiger charge is -2.13. The maximum atomic E-state index is 12.5. The summed E-state index contributed by atoms with van der Waals surface area (Å²) in [5.41, 5.74) is 14.1. The van der Waals surface area contributed by atoms with Crippen molar-refractivity contribution in [2.75, 3.05) is 0 Å². The highest BCUT2D eigenvalue weighted by molar-refractivity contribution is 5.53. The number of hydrogen-bond donors (Lipinski definition) is 0. The quantitative estimate of drug-likeness (QED) is 0.307. The van der Waals surface area contributed by atoms with Gasteiger partial charge in [0.2, 0.25) is 5.92 Å². The molecule has 0 fully saturated rings. The van der Waals surface area contributed by atoms with Crippen LogP contribution in [0, 0.1) is 12.8 Å². The Morgan fingerprint density at radius 2 is 1.67 bits per heavy atom. The monoisotopic (exact) mass is 576 g/mol. The van der Waals surface area contributed by atoms with Crippen molar-refractivity contribution in [1.29, 1.82) is 0 Å². The van der Waals surface area contributed by atoms with Gasteiger partial charge in [0, 0.05) is 13.8 Å². The summed E-state index contributed by atoms with van der Waals surface area (Å²) in [5.74, 6) is -2.16. The normalized spacial score (nSPS) is 13.2. The fourth-order valence-electron chi connectivity index (χ4n) is 3.81. The molecule has 0 saturated heterocycles. The summed E-state index contributed by atoms with van der Waals surface area (Å²) >= 11 is 0. The van der Waals surface area contributed by atoms with Gasteiger partial charge >= 0.3 is 0 Å². The molecule has 42 heavy (non-hydrogen) atoms. The van der Waals surface area contributed by atoms with Crippen molar-refractivity contribution in [3.05, 3.63) is 136 Å². The van der Waals surface area contributed by atoms with Crippen LogP contribution in [0.4, 0.5) is 8.78 Å². The van der Waals surface area contributed by atoms with Gasteiger partial charge in [0.05, 0.1) is 0 Å². The molecular formula is C38H50F2O2. The third kappa shape index (κ3) is 17.6. The van der Waals surface area contributed by atoms with Gasteiger partial charge in [-0.25, -0.2) is 8.78 Å². The molecule has 1 unspecified atom stereocenters. The van der Waals surface area contributed by atoms with Gasteiger partial charge in [0.15, 0.2) is 0 Å². The van der Waals surface area contributed by atoms with E-state index in [9.17, 15) is 8.78 Å². The van der Waals surface area contributed by atoms with Gasteiger partial charge in [-0.2, -0.15) is 0 Å². The molecule has 0 N–H and O–H groups in total. The molecule has 228 valence electrons. The summed E-state index contributed by atoms with van der Waals surface area (Å²) in [6.07, 6.45) is 13.3. The van der Waals surface area contributed by atoms with E-state index in [1.54, 1.807) is 0 Å². The molecule has 2 aromatic rings. The molecule has 0 aromatic heterocycles. The predicted molar refractivity (Wildman–Crippen MR) is 179 cm³/mol. The third-order valence-corrected chi connectivity index (χ3v) is 6.17. The van der Waals surface area contributed by atoms with Crippen molar-refractivity contribution in [3.8, 4) is 0 Å². The van der Waals surface area contributed by atoms with Crippen LogP contribution >= 0.6 is 0 Å². The van der Waals surface area contributed by atoms with Crippen molar-refractivity contribution in [2.45, 2.75) is 73.1 Å². The van der Waals surface area contributed by atoms with E-state index in [0.717, 1.165) is 42.0 Å². The van der Waals surface area contributed by atoms with Gasteiger partial charge in [-0.1, -0.05) is 118 Å². The molecule has 0 bridgehead atoms. The fourth-order valence-corrected chi connectivity index (χ4v) is 3.81. The van der Waals surface area contributed by atoms with E-state index in [1.165, 1.54) is 16.7 Å². The van der Waals surface area contributed by atoms with Gasteiger partial charge in [-0.3, -0.25) is 0 Å². The minimum atomic E-state index is -2.55. The smallest absolute Gasteiger partial charge is 0.245 e. The highest BCUT2D eigenvalue weighted by atomic mass is 19.3. The Bertz CT molecular complexity index is 1250. The number of allylic oxidation sites excluding steroid dienone is 7. The Hall–Kier alpha value is -4.10. The van der Waals surface area contributed by atoms with E-state index in [1.807, 2.05) is 57.8 Å². The number of carbonyl (C=O) groups excluding carboxylic acids is 2. The summed E-state index contributed by atoms with van der Waals surface area (Å²) in [5, 5.41) is 0. The van der Waals surface area contributed by atoms with Gasteiger partial charge < -0.3 is 9.59 Å². The zero-order valence-corrected chi connectivity index (χ0v) is 26.3. The summed E-state index contributed by atoms with van der Waals surface area (Å²) < 4.78 is 25.0. The standard InChI is InChI=1S/C13H14.C12H16.C11H14F2.2CH2O.H2/c1-5-10(3)13-8-7-12(6-2)11(4)9-13;1-3-5-8-12-10-7-6-9-11(12)4-2;1-9-4-3-5-10(8-9)6-7-11(2,12)13;2*1-2;/h7-9,11H,1-2H2,3-4H3;5-10H,3-4H2,1-2H3;3-5,8H,6-7H2,1-2H3;2*1H2;1H/b;8-5-;;;;. The summed E-state index contributed by atoms with van der Waals surface area (Å²) in [6, 6.07) is 16.3. The second kappa shape index (κ2) is 23.6. The number of halogens is 2. The van der Waals surface area contributed by atoms with E-state index in [0.29, 0.717) is 12.3 Å². The van der Waals surface area contributed by atoms with Crippen LogP contribution in [0.1, 0.15) is 71.1 Å². The number of benzene rings is 2. The van der Waals surface area contributed by atoms with Gasteiger partial charge in [-0.15, -0.1) is 11.5 Å². The predicted octanol–water partition coefficient (Wildman–Crippen LogP) is 10.7. The average molecular weight is 577 g/mol. The molecule has 0 saturated carbocycles. The van der Waals surface area contributed by atoms with E-state index in [2.05, 4.69) is 94.0 Å². The molecule has 0 radical (unpaired) electrons. The minimum Gasteiger partial charge on any atom is -0.307 e. The molecule has 2 nitrogen and oxygen atoms in total. The van der Waals surface area contributed by atoms with Crippen LogP contribution in [0.25, 0.3) is 6.08 Å². The van der Waals surface area contributed by atoms with E-state index >= 15 is 0 Å². The number of rotatable bonds is 7. The van der Waals surface area contributed by atoms with E-state index in [-0.39, 0.29) is 7.85 Å². The largest absolute Gasteiger partial charge is 0.307 e. The zero-order valence-electron chi connectivity index (χ0n) is 26.3. The summed E-state index contributed by atoms with van der Waals surface area (Å²) in [7, 11) is 0. The number of alkyl halides is 2. The third-order valence-electron chi connectivity index (χ3n) is 6.17. The molecule has 0 aliphatic heterocycles. The fraction of sp³-hybridized carbons (Fsp3) is 0.316. The van der Waals surface area contributed by atoms with Gasteiger partial charge in [0.25, 0.3) is 0 Å². The van der Waals surface area contributed by atoms with Crippen LogP contribution in [0.5, 0.6) is 0 Å². The summed E-state index contributed by atoms with van der Waals surface area (Å²) in [6.45, 7) is 22.7. The summed E-state index contributed by atoms with van der Waals surface area (Å²) in [4.78, 5) is 16.0. The minimum absolute atomic E-state index is 0. The van der Waals surface area contributed by atoms with Crippen molar-refractivity contribution in [2.24, 2.45) is 5.92 Å². The van der Waals surface area contributed by atoms with Crippen LogP contribution in [0.2, 0.25) is 0 Å². The highest BCUT2D eigenvalue weighted by Gasteiger charge is 2.20. The number of aryl methyl sites for hydroxylation is 3. The molecule has 1 atom stereocenters. The first kappa shape index (κ1) is 40.0. The molecule has 1 aliphatic carbocycles. The maximum Gasteiger partial charge on any atom is 0.245 e. The molecule has 0 heterocycles. The first-order chi connectivity index (χ1) is 20.0. The molecule has 2 aromatic carbocycles. The second-order valence-electron chi connectivity index (χ2n) is 9.60. The Morgan fingerprint density at radius 3 is 2.17 bits per heavy atom. The van der Waals surface area contributed by atoms with Crippen LogP contribution in [0.3, 0.4) is 0 Å². The van der Waals surface area contributed by atoms with Crippen molar-refractivity contribution < 1.29 is 19.8 Å². The Labute approximate surface area is 254 Å². The highest BCUT2D eigenvalue weighted by Crippen LogP contribution is 2.24. The van der Waals surface area contributed by atoms with Crippen LogP contribution in [0.15, 0.2) is 114 Å². The van der Waals surface area contributed by atoms with Crippen LogP contribution in [-0.4, -0.2) is 19.5 Å². The molecule has 0 amide bonds. The molecular weight excluding hydrogens is 526 g/mol. The second-order valence-corrected chi connectivity index (χ2v) is 9.60. The van der Waals surface area contributed by atoms with Crippen molar-refractivity contribution >= 4 is 19.7 Å². The Kier molecular flexibility index (Phi) is 22.5. The number of carbonyl (C=O) groups is 2. The van der Waals surface area contributed by atoms with E-state index in [4.69, 9.17) is 9.59 Å². The van der Waals surface area contributed by atoms with Gasteiger partial charge in [-0.05, 0) is 73.4 Å². The Balaban J connectivity index is -0.000000521. The molecule has 1 aliphatic rings. The molecule has 0 spiro atoms. The SMILES string of the molecule is C=C=C(C)C1=CC(C)C(=C=C)C=C1.C=O.C=O.CC/C=C\c1ccccc1CC.Cc1cccc(CCC(C)(F)F)c1.[HH]. The molecule has 3 rings (SSSR count). The molecule has 4 heteroatoms. The lowest BCUT2D eigenvalue weighted by Crippen LogP contribution is -2.10. The van der Waals surface area contributed by atoms with Crippen LogP contribution < -0.4 is 0 Å². The lowest BCUT2D eigenvalue weighted by atomic mass is 9.91. The average Bonchev–Trinajstić information content (AvgIpc) is 3.01. The maximum absolute atomic E-state index is 12.5. The lowest BCUT2D eigenvalue weighted by molar-refractivity contribution is -0.0987. The van der Waals surface area contributed by atoms with E-state index < -0.39 is 5.92 Å². The first-order valence-corrected chi connectivity index (χ1v) is 14.0. The van der Waals surface area contributed by atoms with Crippen molar-refractivity contribution in [3.63, 3.8) is 0 Å². The van der Waals surface area contributed by atoms with Crippen LogP contribution in [-0.2, 0) is 22.4 Å². The first-order valence-electron chi connectivity index (χ1n) is 14.0. The Morgan fingerprint density at radius 1 is 1.02 bits per heavy atom. The topological polar surface area (TPSA) is 34.1 Å². The van der Waals surface area contributed by atoms with Crippen molar-refractivity contribution in [1.82, 2.24) is 0 Å². The zero-order chi connectivity index (χ0) is 32.6. The van der Waals surface area contributed by atoms with Gasteiger partial charge in [0.1, 0.15) is 13.6 Å². The number of hydrogen-bond acceptors (Lipinski definition) is 2.